The van der Waals surface area contributed by atoms with Gasteiger partial charge in [0.15, 0.2) is 0 Å². The number of anilines is 2. The number of piperazine rings is 1. The molecule has 1 aliphatic rings. The van der Waals surface area contributed by atoms with Crippen molar-refractivity contribution >= 4 is 23.0 Å². The molecule has 0 bridgehead atoms. The minimum atomic E-state index is -0.461. The molecule has 0 saturated carbocycles. The third-order valence-corrected chi connectivity index (χ3v) is 5.82. The van der Waals surface area contributed by atoms with Gasteiger partial charge in [-0.25, -0.2) is 0 Å². The molecule has 1 aromatic heterocycles. The molecule has 9 heteroatoms. The summed E-state index contributed by atoms with van der Waals surface area (Å²) in [5.41, 5.74) is 1.60. The van der Waals surface area contributed by atoms with E-state index in [1.54, 1.807) is 31.4 Å². The second kappa shape index (κ2) is 10.2. The SMILES string of the molecule is COc1ccccc1N1CCN(CCN(C(=O)c2ccoc2)c2ccccc2[N+](=O)[O-])CC1. The van der Waals surface area contributed by atoms with Crippen molar-refractivity contribution in [3.63, 3.8) is 0 Å². The predicted octanol–water partition coefficient (Wildman–Crippen LogP) is 3.67. The molecule has 172 valence electrons. The molecular formula is C24H26N4O5. The second-order valence-corrected chi connectivity index (χ2v) is 7.72. The molecule has 0 N–H and O–H groups in total. The first-order chi connectivity index (χ1) is 16.1. The van der Waals surface area contributed by atoms with Crippen molar-refractivity contribution in [2.24, 2.45) is 0 Å². The lowest BCUT2D eigenvalue weighted by Crippen LogP contribution is -2.49. The van der Waals surface area contributed by atoms with Crippen LogP contribution in [0, 0.1) is 10.1 Å². The molecule has 4 rings (SSSR count). The fourth-order valence-electron chi connectivity index (χ4n) is 4.07. The van der Waals surface area contributed by atoms with Crippen molar-refractivity contribution < 1.29 is 18.9 Å². The molecule has 1 amide bonds. The van der Waals surface area contributed by atoms with E-state index < -0.39 is 4.92 Å². The first-order valence-electron chi connectivity index (χ1n) is 10.8. The van der Waals surface area contributed by atoms with Gasteiger partial charge in [0.1, 0.15) is 17.7 Å². The Morgan fingerprint density at radius 2 is 1.82 bits per heavy atom. The Labute approximate surface area is 191 Å². The molecule has 2 heterocycles. The summed E-state index contributed by atoms with van der Waals surface area (Å²) in [6.45, 7) is 4.17. The Kier molecular flexibility index (Phi) is 6.89. The minimum absolute atomic E-state index is 0.102. The van der Waals surface area contributed by atoms with Crippen molar-refractivity contribution in [2.75, 3.05) is 56.2 Å². The highest BCUT2D eigenvalue weighted by atomic mass is 16.6. The topological polar surface area (TPSA) is 92.3 Å². The van der Waals surface area contributed by atoms with Crippen molar-refractivity contribution in [1.29, 1.82) is 0 Å². The first-order valence-corrected chi connectivity index (χ1v) is 10.8. The van der Waals surface area contributed by atoms with E-state index in [0.29, 0.717) is 18.7 Å². The maximum absolute atomic E-state index is 13.2. The van der Waals surface area contributed by atoms with Gasteiger partial charge in [0.25, 0.3) is 11.6 Å². The lowest BCUT2D eigenvalue weighted by molar-refractivity contribution is -0.384. The Balaban J connectivity index is 1.46. The van der Waals surface area contributed by atoms with E-state index in [9.17, 15) is 14.9 Å². The fraction of sp³-hybridized carbons (Fsp3) is 0.292. The number of para-hydroxylation sites is 4. The van der Waals surface area contributed by atoms with Crippen LogP contribution in [0.25, 0.3) is 0 Å². The number of amides is 1. The molecule has 9 nitrogen and oxygen atoms in total. The van der Waals surface area contributed by atoms with Gasteiger partial charge in [-0.05, 0) is 24.3 Å². The zero-order valence-corrected chi connectivity index (χ0v) is 18.4. The van der Waals surface area contributed by atoms with Gasteiger partial charge in [-0.3, -0.25) is 19.8 Å². The van der Waals surface area contributed by atoms with E-state index in [1.807, 2.05) is 24.3 Å². The Morgan fingerprint density at radius 3 is 2.52 bits per heavy atom. The van der Waals surface area contributed by atoms with E-state index in [4.69, 9.17) is 9.15 Å². The summed E-state index contributed by atoms with van der Waals surface area (Å²) in [6.07, 6.45) is 2.78. The number of nitrogens with zero attached hydrogens (tertiary/aromatic N) is 4. The molecular weight excluding hydrogens is 424 g/mol. The number of benzene rings is 2. The Morgan fingerprint density at radius 1 is 1.09 bits per heavy atom. The summed E-state index contributed by atoms with van der Waals surface area (Å²) in [5.74, 6) is 0.518. The highest BCUT2D eigenvalue weighted by Gasteiger charge is 2.27. The Bertz CT molecular complexity index is 1090. The van der Waals surface area contributed by atoms with Gasteiger partial charge in [-0.2, -0.15) is 0 Å². The van der Waals surface area contributed by atoms with Crippen molar-refractivity contribution in [1.82, 2.24) is 4.90 Å². The van der Waals surface area contributed by atoms with Crippen LogP contribution in [-0.2, 0) is 0 Å². The van der Waals surface area contributed by atoms with E-state index in [0.717, 1.165) is 37.6 Å². The highest BCUT2D eigenvalue weighted by molar-refractivity contribution is 6.07. The second-order valence-electron chi connectivity index (χ2n) is 7.72. The van der Waals surface area contributed by atoms with Crippen molar-refractivity contribution in [2.45, 2.75) is 0 Å². The van der Waals surface area contributed by atoms with Gasteiger partial charge in [-0.15, -0.1) is 0 Å². The maximum atomic E-state index is 13.2. The molecule has 2 aromatic carbocycles. The summed E-state index contributed by atoms with van der Waals surface area (Å²) in [5, 5.41) is 11.6. The number of nitro benzene ring substituents is 1. The minimum Gasteiger partial charge on any atom is -0.495 e. The molecule has 1 aliphatic heterocycles. The zero-order chi connectivity index (χ0) is 23.2. The molecule has 33 heavy (non-hydrogen) atoms. The molecule has 0 atom stereocenters. The van der Waals surface area contributed by atoms with Crippen LogP contribution in [0.2, 0.25) is 0 Å². The number of ether oxygens (including phenoxy) is 1. The van der Waals surface area contributed by atoms with Crippen molar-refractivity contribution in [3.05, 3.63) is 82.8 Å². The fourth-order valence-corrected chi connectivity index (χ4v) is 4.07. The molecule has 3 aromatic rings. The molecule has 1 saturated heterocycles. The molecule has 0 unspecified atom stereocenters. The number of methoxy groups -OCH3 is 1. The Hall–Kier alpha value is -3.85. The van der Waals surface area contributed by atoms with Crippen LogP contribution in [0.1, 0.15) is 10.4 Å². The monoisotopic (exact) mass is 450 g/mol. The van der Waals surface area contributed by atoms with Gasteiger partial charge >= 0.3 is 0 Å². The van der Waals surface area contributed by atoms with Crippen LogP contribution in [-0.4, -0.2) is 62.1 Å². The van der Waals surface area contributed by atoms with Crippen LogP contribution in [0.15, 0.2) is 71.5 Å². The lowest BCUT2D eigenvalue weighted by atomic mass is 10.2. The van der Waals surface area contributed by atoms with Gasteiger partial charge in [0, 0.05) is 45.3 Å². The average Bonchev–Trinajstić information content (AvgIpc) is 3.40. The zero-order valence-electron chi connectivity index (χ0n) is 18.4. The summed E-state index contributed by atoms with van der Waals surface area (Å²) in [4.78, 5) is 30.3. The highest BCUT2D eigenvalue weighted by Crippen LogP contribution is 2.30. The quantitative estimate of drug-likeness (QED) is 0.382. The summed E-state index contributed by atoms with van der Waals surface area (Å²) >= 11 is 0. The maximum Gasteiger partial charge on any atom is 0.292 e. The number of nitro groups is 1. The molecule has 0 aliphatic carbocycles. The third-order valence-electron chi connectivity index (χ3n) is 5.82. The number of hydrogen-bond donors (Lipinski definition) is 0. The van der Waals surface area contributed by atoms with Gasteiger partial charge in [-0.1, -0.05) is 24.3 Å². The van der Waals surface area contributed by atoms with E-state index in [2.05, 4.69) is 9.80 Å². The van der Waals surface area contributed by atoms with Crippen LogP contribution in [0.5, 0.6) is 5.75 Å². The summed E-state index contributed by atoms with van der Waals surface area (Å²) in [7, 11) is 1.67. The molecule has 0 radical (unpaired) electrons. The van der Waals surface area contributed by atoms with E-state index in [-0.39, 0.29) is 17.3 Å². The number of carbonyl (C=O) groups excluding carboxylic acids is 1. The average molecular weight is 450 g/mol. The number of carbonyl (C=O) groups is 1. The normalized spacial score (nSPS) is 14.2. The first kappa shape index (κ1) is 22.3. The van der Waals surface area contributed by atoms with Crippen LogP contribution >= 0.6 is 0 Å². The third kappa shape index (κ3) is 4.98. The summed E-state index contributed by atoms with van der Waals surface area (Å²) < 4.78 is 10.5. The van der Waals surface area contributed by atoms with E-state index in [1.165, 1.54) is 23.5 Å². The number of hydrogen-bond acceptors (Lipinski definition) is 7. The predicted molar refractivity (Wildman–Crippen MR) is 125 cm³/mol. The van der Waals surface area contributed by atoms with Gasteiger partial charge in [0.2, 0.25) is 0 Å². The smallest absolute Gasteiger partial charge is 0.292 e. The largest absolute Gasteiger partial charge is 0.495 e. The lowest BCUT2D eigenvalue weighted by Gasteiger charge is -2.37. The van der Waals surface area contributed by atoms with Gasteiger partial charge in [0.05, 0.1) is 29.5 Å². The molecule has 1 fully saturated rings. The van der Waals surface area contributed by atoms with Crippen molar-refractivity contribution in [3.8, 4) is 5.75 Å². The molecule has 0 spiro atoms. The van der Waals surface area contributed by atoms with Crippen LogP contribution in [0.4, 0.5) is 17.1 Å². The van der Waals surface area contributed by atoms with Crippen LogP contribution < -0.4 is 14.5 Å². The van der Waals surface area contributed by atoms with E-state index >= 15 is 0 Å². The summed E-state index contributed by atoms with van der Waals surface area (Å²) in [6, 6.07) is 15.8. The number of furan rings is 1. The number of rotatable bonds is 8. The standard InChI is InChI=1S/C24H26N4O5/c1-32-23-9-5-4-8-22(23)26-14-11-25(12-15-26)13-16-27(24(29)19-10-17-33-18-19)20-6-2-3-7-21(20)28(30)31/h2-10,17-18H,11-16H2,1H3. The van der Waals surface area contributed by atoms with Gasteiger partial charge < -0.3 is 19.0 Å². The van der Waals surface area contributed by atoms with Crippen LogP contribution in [0.3, 0.4) is 0 Å².